The first-order valence-electron chi connectivity index (χ1n) is 7.00. The van der Waals surface area contributed by atoms with E-state index in [-0.39, 0.29) is 12.6 Å². The molecule has 1 fully saturated rings. The van der Waals surface area contributed by atoms with Crippen molar-refractivity contribution in [2.45, 2.75) is 38.6 Å². The molecule has 0 bridgehead atoms. The molecule has 0 amide bonds. The number of aliphatic hydroxyl groups excluding tert-OH is 1. The molecule has 3 nitrogen and oxygen atoms in total. The fourth-order valence-corrected chi connectivity index (χ4v) is 2.67. The summed E-state index contributed by atoms with van der Waals surface area (Å²) in [6.07, 6.45) is 4.95. The maximum Gasteiger partial charge on any atom is 0.0624 e. The fourth-order valence-electron chi connectivity index (χ4n) is 2.67. The van der Waals surface area contributed by atoms with Gasteiger partial charge in [0.15, 0.2) is 0 Å². The second-order valence-corrected chi connectivity index (χ2v) is 5.08. The molecule has 2 rings (SSSR count). The van der Waals surface area contributed by atoms with E-state index in [1.165, 1.54) is 43.6 Å². The molecule has 1 heterocycles. The van der Waals surface area contributed by atoms with Crippen molar-refractivity contribution in [3.8, 4) is 0 Å². The SMILES string of the molecule is CCc1cc([C@H](N)CO)ccc1N1CCCCC1. The van der Waals surface area contributed by atoms with Crippen molar-refractivity contribution in [2.24, 2.45) is 5.73 Å². The number of hydrogen-bond donors (Lipinski definition) is 2. The second-order valence-electron chi connectivity index (χ2n) is 5.08. The molecule has 1 atom stereocenters. The zero-order valence-electron chi connectivity index (χ0n) is 11.2. The highest BCUT2D eigenvalue weighted by Gasteiger charge is 2.15. The minimum Gasteiger partial charge on any atom is -0.394 e. The molecule has 1 aliphatic heterocycles. The van der Waals surface area contributed by atoms with E-state index in [9.17, 15) is 0 Å². The zero-order chi connectivity index (χ0) is 13.0. The molecule has 18 heavy (non-hydrogen) atoms. The van der Waals surface area contributed by atoms with Crippen LogP contribution in [-0.2, 0) is 6.42 Å². The van der Waals surface area contributed by atoms with Crippen molar-refractivity contribution < 1.29 is 5.11 Å². The lowest BCUT2D eigenvalue weighted by molar-refractivity contribution is 0.268. The molecule has 3 N–H and O–H groups in total. The molecule has 0 radical (unpaired) electrons. The van der Waals surface area contributed by atoms with Crippen LogP contribution in [0.2, 0.25) is 0 Å². The van der Waals surface area contributed by atoms with E-state index < -0.39 is 0 Å². The lowest BCUT2D eigenvalue weighted by Crippen LogP contribution is -2.30. The number of rotatable bonds is 4. The monoisotopic (exact) mass is 248 g/mol. The summed E-state index contributed by atoms with van der Waals surface area (Å²) in [7, 11) is 0. The summed E-state index contributed by atoms with van der Waals surface area (Å²) < 4.78 is 0. The molecule has 3 heteroatoms. The Morgan fingerprint density at radius 3 is 2.61 bits per heavy atom. The molecule has 0 spiro atoms. The fraction of sp³-hybridized carbons (Fsp3) is 0.600. The van der Waals surface area contributed by atoms with Crippen LogP contribution in [0, 0.1) is 0 Å². The molecule has 1 aromatic carbocycles. The van der Waals surface area contributed by atoms with Gasteiger partial charge in [0.1, 0.15) is 0 Å². The molecular formula is C15H24N2O. The summed E-state index contributed by atoms with van der Waals surface area (Å²) in [6.45, 7) is 4.51. The van der Waals surface area contributed by atoms with Gasteiger partial charge in [-0.15, -0.1) is 0 Å². The van der Waals surface area contributed by atoms with Crippen LogP contribution in [0.3, 0.4) is 0 Å². The Hall–Kier alpha value is -1.06. The predicted molar refractivity (Wildman–Crippen MR) is 75.9 cm³/mol. The van der Waals surface area contributed by atoms with Gasteiger partial charge in [0.2, 0.25) is 0 Å². The average molecular weight is 248 g/mol. The summed E-state index contributed by atoms with van der Waals surface area (Å²) in [5.74, 6) is 0. The van der Waals surface area contributed by atoms with Crippen LogP contribution >= 0.6 is 0 Å². The maximum absolute atomic E-state index is 9.13. The topological polar surface area (TPSA) is 49.5 Å². The molecule has 1 aliphatic rings. The van der Waals surface area contributed by atoms with Gasteiger partial charge in [-0.1, -0.05) is 19.1 Å². The Balaban J connectivity index is 2.24. The number of anilines is 1. The predicted octanol–water partition coefficient (Wildman–Crippen LogP) is 2.23. The van der Waals surface area contributed by atoms with Crippen molar-refractivity contribution in [1.82, 2.24) is 0 Å². The highest BCUT2D eigenvalue weighted by molar-refractivity contribution is 5.55. The number of aryl methyl sites for hydroxylation is 1. The first-order chi connectivity index (χ1) is 8.76. The number of nitrogens with zero attached hydrogens (tertiary/aromatic N) is 1. The third-order valence-electron chi connectivity index (χ3n) is 3.81. The number of aliphatic hydroxyl groups is 1. The van der Waals surface area contributed by atoms with Crippen molar-refractivity contribution in [2.75, 3.05) is 24.6 Å². The van der Waals surface area contributed by atoms with E-state index in [0.717, 1.165) is 12.0 Å². The Morgan fingerprint density at radius 1 is 1.28 bits per heavy atom. The van der Waals surface area contributed by atoms with Gasteiger partial charge in [-0.25, -0.2) is 0 Å². The van der Waals surface area contributed by atoms with Crippen LogP contribution in [0.25, 0.3) is 0 Å². The maximum atomic E-state index is 9.13. The average Bonchev–Trinajstić information content (AvgIpc) is 2.46. The van der Waals surface area contributed by atoms with Gasteiger partial charge in [-0.2, -0.15) is 0 Å². The van der Waals surface area contributed by atoms with Crippen LogP contribution in [-0.4, -0.2) is 24.8 Å². The summed E-state index contributed by atoms with van der Waals surface area (Å²) in [5.41, 5.74) is 9.62. The number of nitrogens with two attached hydrogens (primary N) is 1. The first-order valence-corrected chi connectivity index (χ1v) is 7.00. The van der Waals surface area contributed by atoms with Gasteiger partial charge >= 0.3 is 0 Å². The van der Waals surface area contributed by atoms with E-state index >= 15 is 0 Å². The lowest BCUT2D eigenvalue weighted by atomic mass is 10.00. The van der Waals surface area contributed by atoms with Crippen molar-refractivity contribution in [3.63, 3.8) is 0 Å². The zero-order valence-corrected chi connectivity index (χ0v) is 11.2. The Kier molecular flexibility index (Phi) is 4.61. The van der Waals surface area contributed by atoms with E-state index in [2.05, 4.69) is 30.0 Å². The quantitative estimate of drug-likeness (QED) is 0.859. The number of piperidine rings is 1. The van der Waals surface area contributed by atoms with Crippen LogP contribution in [0.5, 0.6) is 0 Å². The van der Waals surface area contributed by atoms with Crippen molar-refractivity contribution in [1.29, 1.82) is 0 Å². The number of hydrogen-bond acceptors (Lipinski definition) is 3. The molecule has 0 aliphatic carbocycles. The Bertz CT molecular complexity index is 386. The van der Waals surface area contributed by atoms with Crippen LogP contribution in [0.15, 0.2) is 18.2 Å². The third-order valence-corrected chi connectivity index (χ3v) is 3.81. The smallest absolute Gasteiger partial charge is 0.0624 e. The first kappa shape index (κ1) is 13.4. The molecule has 0 unspecified atom stereocenters. The van der Waals surface area contributed by atoms with E-state index in [4.69, 9.17) is 10.8 Å². The van der Waals surface area contributed by atoms with E-state index in [0.29, 0.717) is 0 Å². The highest BCUT2D eigenvalue weighted by Crippen LogP contribution is 2.27. The van der Waals surface area contributed by atoms with Crippen LogP contribution in [0.1, 0.15) is 43.4 Å². The van der Waals surface area contributed by atoms with Gasteiger partial charge < -0.3 is 15.7 Å². The normalized spacial score (nSPS) is 17.8. The van der Waals surface area contributed by atoms with Gasteiger partial charge in [-0.3, -0.25) is 0 Å². The van der Waals surface area contributed by atoms with Crippen molar-refractivity contribution in [3.05, 3.63) is 29.3 Å². The molecule has 0 aromatic heterocycles. The van der Waals surface area contributed by atoms with Gasteiger partial charge in [0.05, 0.1) is 12.6 Å². The molecular weight excluding hydrogens is 224 g/mol. The minimum absolute atomic E-state index is 0.00617. The van der Waals surface area contributed by atoms with Crippen LogP contribution < -0.4 is 10.6 Å². The molecule has 1 saturated heterocycles. The summed E-state index contributed by atoms with van der Waals surface area (Å²) in [5, 5.41) is 9.13. The highest BCUT2D eigenvalue weighted by atomic mass is 16.3. The van der Waals surface area contributed by atoms with Gasteiger partial charge in [-0.05, 0) is 42.9 Å². The van der Waals surface area contributed by atoms with E-state index in [1.807, 2.05) is 0 Å². The second kappa shape index (κ2) is 6.21. The Labute approximate surface area is 110 Å². The Morgan fingerprint density at radius 2 is 2.00 bits per heavy atom. The van der Waals surface area contributed by atoms with Crippen LogP contribution in [0.4, 0.5) is 5.69 Å². The standard InChI is InChI=1S/C15H24N2O/c1-2-12-10-13(14(16)11-18)6-7-15(12)17-8-4-3-5-9-17/h6-7,10,14,18H,2-5,8-9,11,16H2,1H3/t14-/m1/s1. The summed E-state index contributed by atoms with van der Waals surface area (Å²) in [4.78, 5) is 2.48. The largest absolute Gasteiger partial charge is 0.394 e. The van der Waals surface area contributed by atoms with E-state index in [1.54, 1.807) is 0 Å². The molecule has 0 saturated carbocycles. The number of benzene rings is 1. The lowest BCUT2D eigenvalue weighted by Gasteiger charge is -2.31. The third kappa shape index (κ3) is 2.85. The molecule has 1 aromatic rings. The summed E-state index contributed by atoms with van der Waals surface area (Å²) in [6, 6.07) is 6.13. The van der Waals surface area contributed by atoms with Crippen molar-refractivity contribution >= 4 is 5.69 Å². The molecule has 100 valence electrons. The minimum atomic E-state index is -0.259. The van der Waals surface area contributed by atoms with Gasteiger partial charge in [0, 0.05) is 18.8 Å². The summed E-state index contributed by atoms with van der Waals surface area (Å²) >= 11 is 0. The van der Waals surface area contributed by atoms with Gasteiger partial charge in [0.25, 0.3) is 0 Å².